The third kappa shape index (κ3) is 3.07. The third-order valence-electron chi connectivity index (χ3n) is 2.68. The van der Waals surface area contributed by atoms with Gasteiger partial charge >= 0.3 is 0 Å². The Balaban J connectivity index is 2.34. The van der Waals surface area contributed by atoms with Crippen molar-refractivity contribution in [3.05, 3.63) is 17.6 Å². The summed E-state index contributed by atoms with van der Waals surface area (Å²) in [6.07, 6.45) is 2.91. The van der Waals surface area contributed by atoms with E-state index < -0.39 is 0 Å². The molecule has 2 N–H and O–H groups in total. The highest BCUT2D eigenvalue weighted by atomic mass is 32.2. The molecule has 17 heavy (non-hydrogen) atoms. The van der Waals surface area contributed by atoms with E-state index >= 15 is 0 Å². The number of thiocarbonyl (C=S) groups is 1. The van der Waals surface area contributed by atoms with Crippen molar-refractivity contribution in [3.63, 3.8) is 0 Å². The van der Waals surface area contributed by atoms with Gasteiger partial charge in [-0.05, 0) is 19.1 Å². The molecule has 0 aromatic carbocycles. The maximum Gasteiger partial charge on any atom is 0.142 e. The van der Waals surface area contributed by atoms with Crippen molar-refractivity contribution in [1.82, 2.24) is 9.97 Å². The standard InChI is InChI=1S/C11H16N4S2/c1-8-13-7-9(10(12)16)11(14-8)15-3-2-5-17-6-4-15/h7H,2-6H2,1H3,(H2,12,16). The van der Waals surface area contributed by atoms with Gasteiger partial charge in [-0.3, -0.25) is 0 Å². The molecule has 2 rings (SSSR count). The first kappa shape index (κ1) is 12.6. The first-order valence-electron chi connectivity index (χ1n) is 5.64. The van der Waals surface area contributed by atoms with Crippen LogP contribution >= 0.6 is 24.0 Å². The van der Waals surface area contributed by atoms with Gasteiger partial charge in [0, 0.05) is 25.0 Å². The maximum atomic E-state index is 5.73. The van der Waals surface area contributed by atoms with E-state index in [1.807, 2.05) is 18.7 Å². The SMILES string of the molecule is Cc1ncc(C(N)=S)c(N2CCCSCC2)n1. The van der Waals surface area contributed by atoms with Crippen LogP contribution in [0, 0.1) is 6.92 Å². The molecule has 0 spiro atoms. The van der Waals surface area contributed by atoms with Crippen molar-refractivity contribution >= 4 is 34.8 Å². The summed E-state index contributed by atoms with van der Waals surface area (Å²) in [5.41, 5.74) is 6.52. The topological polar surface area (TPSA) is 55.0 Å². The van der Waals surface area contributed by atoms with Gasteiger partial charge in [0.2, 0.25) is 0 Å². The number of hydrogen-bond donors (Lipinski definition) is 1. The Kier molecular flexibility index (Phi) is 4.17. The summed E-state index contributed by atoms with van der Waals surface area (Å²) in [6.45, 7) is 3.90. The molecule has 1 aliphatic rings. The maximum absolute atomic E-state index is 5.73. The molecule has 0 unspecified atom stereocenters. The smallest absolute Gasteiger partial charge is 0.142 e. The zero-order valence-electron chi connectivity index (χ0n) is 9.85. The number of nitrogens with zero attached hydrogens (tertiary/aromatic N) is 3. The highest BCUT2D eigenvalue weighted by Gasteiger charge is 2.17. The molecule has 1 aliphatic heterocycles. The second-order valence-corrected chi connectivity index (χ2v) is 5.64. The van der Waals surface area contributed by atoms with Crippen molar-refractivity contribution in [3.8, 4) is 0 Å². The van der Waals surface area contributed by atoms with Crippen LogP contribution in [0.15, 0.2) is 6.20 Å². The van der Waals surface area contributed by atoms with E-state index in [-0.39, 0.29) is 0 Å². The predicted octanol–water partition coefficient (Wildman–Crippen LogP) is 1.36. The molecular weight excluding hydrogens is 252 g/mol. The Morgan fingerprint density at radius 1 is 1.47 bits per heavy atom. The summed E-state index contributed by atoms with van der Waals surface area (Å²) in [4.78, 5) is 11.3. The summed E-state index contributed by atoms with van der Waals surface area (Å²) in [6, 6.07) is 0. The van der Waals surface area contributed by atoms with Crippen molar-refractivity contribution in [1.29, 1.82) is 0 Å². The highest BCUT2D eigenvalue weighted by Crippen LogP contribution is 2.21. The Bertz CT molecular complexity index is 414. The minimum atomic E-state index is 0.372. The molecule has 0 amide bonds. The molecule has 0 radical (unpaired) electrons. The van der Waals surface area contributed by atoms with Crippen LogP contribution in [0.2, 0.25) is 0 Å². The molecule has 2 heterocycles. The van der Waals surface area contributed by atoms with Crippen LogP contribution in [-0.4, -0.2) is 39.6 Å². The number of nitrogens with two attached hydrogens (primary N) is 1. The summed E-state index contributed by atoms with van der Waals surface area (Å²) >= 11 is 7.05. The van der Waals surface area contributed by atoms with Crippen LogP contribution in [0.1, 0.15) is 17.8 Å². The number of aryl methyl sites for hydroxylation is 1. The number of anilines is 1. The minimum Gasteiger partial charge on any atom is -0.389 e. The zero-order valence-corrected chi connectivity index (χ0v) is 11.5. The lowest BCUT2D eigenvalue weighted by molar-refractivity contribution is 0.792. The molecular formula is C11H16N4S2. The Labute approximate surface area is 111 Å². The fraction of sp³-hybridized carbons (Fsp3) is 0.545. The Morgan fingerprint density at radius 3 is 3.06 bits per heavy atom. The van der Waals surface area contributed by atoms with E-state index in [4.69, 9.17) is 18.0 Å². The van der Waals surface area contributed by atoms with Gasteiger partial charge in [0.1, 0.15) is 16.6 Å². The van der Waals surface area contributed by atoms with Gasteiger partial charge in [-0.15, -0.1) is 0 Å². The summed E-state index contributed by atoms with van der Waals surface area (Å²) in [7, 11) is 0. The second kappa shape index (κ2) is 5.64. The fourth-order valence-corrected chi connectivity index (χ4v) is 2.86. The Morgan fingerprint density at radius 2 is 2.29 bits per heavy atom. The van der Waals surface area contributed by atoms with E-state index in [1.165, 1.54) is 12.2 Å². The molecule has 6 heteroatoms. The molecule has 1 fully saturated rings. The minimum absolute atomic E-state index is 0.372. The van der Waals surface area contributed by atoms with Gasteiger partial charge in [-0.2, -0.15) is 11.8 Å². The van der Waals surface area contributed by atoms with Crippen molar-refractivity contribution < 1.29 is 0 Å². The van der Waals surface area contributed by atoms with E-state index in [2.05, 4.69) is 14.9 Å². The highest BCUT2D eigenvalue weighted by molar-refractivity contribution is 7.99. The summed E-state index contributed by atoms with van der Waals surface area (Å²) < 4.78 is 0. The molecule has 0 bridgehead atoms. The van der Waals surface area contributed by atoms with Gasteiger partial charge in [0.25, 0.3) is 0 Å². The second-order valence-electron chi connectivity index (χ2n) is 3.97. The fourth-order valence-electron chi connectivity index (χ4n) is 1.83. The lowest BCUT2D eigenvalue weighted by Gasteiger charge is -2.23. The van der Waals surface area contributed by atoms with E-state index in [0.717, 1.165) is 36.0 Å². The summed E-state index contributed by atoms with van der Waals surface area (Å²) in [5.74, 6) is 3.99. The van der Waals surface area contributed by atoms with E-state index in [9.17, 15) is 0 Å². The normalized spacial score (nSPS) is 16.6. The number of rotatable bonds is 2. The quantitative estimate of drug-likeness (QED) is 0.818. The van der Waals surface area contributed by atoms with Gasteiger partial charge in [0.15, 0.2) is 0 Å². The van der Waals surface area contributed by atoms with Gasteiger partial charge in [-0.25, -0.2) is 9.97 Å². The van der Waals surface area contributed by atoms with Crippen LogP contribution in [0.3, 0.4) is 0 Å². The van der Waals surface area contributed by atoms with Gasteiger partial charge in [-0.1, -0.05) is 12.2 Å². The van der Waals surface area contributed by atoms with Gasteiger partial charge in [0.05, 0.1) is 5.56 Å². The Hall–Kier alpha value is -0.880. The van der Waals surface area contributed by atoms with E-state index in [0.29, 0.717) is 4.99 Å². The van der Waals surface area contributed by atoms with Crippen LogP contribution < -0.4 is 10.6 Å². The van der Waals surface area contributed by atoms with Gasteiger partial charge < -0.3 is 10.6 Å². The van der Waals surface area contributed by atoms with Crippen LogP contribution in [-0.2, 0) is 0 Å². The van der Waals surface area contributed by atoms with Crippen LogP contribution in [0.4, 0.5) is 5.82 Å². The van der Waals surface area contributed by atoms with Crippen molar-refractivity contribution in [2.45, 2.75) is 13.3 Å². The van der Waals surface area contributed by atoms with E-state index in [1.54, 1.807) is 6.20 Å². The predicted molar refractivity (Wildman–Crippen MR) is 76.8 cm³/mol. The third-order valence-corrected chi connectivity index (χ3v) is 3.94. The zero-order chi connectivity index (χ0) is 12.3. The average molecular weight is 268 g/mol. The summed E-state index contributed by atoms with van der Waals surface area (Å²) in [5, 5.41) is 0. The molecule has 1 aromatic rings. The lowest BCUT2D eigenvalue weighted by Crippen LogP contribution is -2.29. The number of thioether (sulfide) groups is 1. The molecule has 0 aliphatic carbocycles. The first-order valence-corrected chi connectivity index (χ1v) is 7.21. The number of hydrogen-bond acceptors (Lipinski definition) is 5. The molecule has 1 saturated heterocycles. The van der Waals surface area contributed by atoms with Crippen LogP contribution in [0.5, 0.6) is 0 Å². The number of aromatic nitrogens is 2. The lowest BCUT2D eigenvalue weighted by atomic mass is 10.2. The molecule has 1 aromatic heterocycles. The average Bonchev–Trinajstić information content (AvgIpc) is 2.56. The van der Waals surface area contributed by atoms with Crippen molar-refractivity contribution in [2.24, 2.45) is 5.73 Å². The molecule has 0 atom stereocenters. The first-order chi connectivity index (χ1) is 8.18. The van der Waals surface area contributed by atoms with Crippen molar-refractivity contribution in [2.75, 3.05) is 29.5 Å². The van der Waals surface area contributed by atoms with Crippen LogP contribution in [0.25, 0.3) is 0 Å². The molecule has 4 nitrogen and oxygen atoms in total. The molecule has 92 valence electrons. The largest absolute Gasteiger partial charge is 0.389 e. The monoisotopic (exact) mass is 268 g/mol. The molecule has 0 saturated carbocycles.